The fourth-order valence-electron chi connectivity index (χ4n) is 1.39. The van der Waals surface area contributed by atoms with E-state index in [0.29, 0.717) is 5.02 Å². The van der Waals surface area contributed by atoms with Crippen molar-refractivity contribution in [2.45, 2.75) is 18.9 Å². The number of anilines is 1. The summed E-state index contributed by atoms with van der Waals surface area (Å²) in [6.07, 6.45) is 3.98. The number of nitrogens with zero attached hydrogens (tertiary/aromatic N) is 1. The monoisotopic (exact) mass is 332 g/mol. The first-order chi connectivity index (χ1) is 8.17. The predicted octanol–water partition coefficient (Wildman–Crippen LogP) is 4.55. The number of nitriles is 1. The first kappa shape index (κ1) is 14.7. The Bertz CT molecular complexity index is 406. The lowest BCUT2D eigenvalue weighted by Gasteiger charge is -2.13. The van der Waals surface area contributed by atoms with Gasteiger partial charge in [-0.2, -0.15) is 17.0 Å². The number of hydrogen-bond acceptors (Lipinski definition) is 3. The highest BCUT2D eigenvalue weighted by Crippen LogP contribution is 2.26. The quantitative estimate of drug-likeness (QED) is 0.776. The summed E-state index contributed by atoms with van der Waals surface area (Å²) in [5.41, 5.74) is 0.914. The Balaban J connectivity index is 2.55. The summed E-state index contributed by atoms with van der Waals surface area (Å²) < 4.78 is 0.838. The van der Waals surface area contributed by atoms with Crippen LogP contribution in [-0.2, 0) is 0 Å². The zero-order valence-electron chi connectivity index (χ0n) is 9.54. The number of thioether (sulfide) groups is 1. The second kappa shape index (κ2) is 7.86. The molecule has 17 heavy (non-hydrogen) atoms. The number of hydrogen-bond donors (Lipinski definition) is 1. The molecule has 0 heterocycles. The number of benzene rings is 1. The van der Waals surface area contributed by atoms with E-state index in [1.807, 2.05) is 18.2 Å². The van der Waals surface area contributed by atoms with E-state index in [4.69, 9.17) is 16.9 Å². The average molecular weight is 334 g/mol. The van der Waals surface area contributed by atoms with Gasteiger partial charge in [-0.1, -0.05) is 11.6 Å². The molecule has 1 unspecified atom stereocenters. The Labute approximate surface area is 120 Å². The molecule has 0 aliphatic heterocycles. The lowest BCUT2D eigenvalue weighted by molar-refractivity contribution is 0.755. The summed E-state index contributed by atoms with van der Waals surface area (Å²) in [6, 6.07) is 7.71. The summed E-state index contributed by atoms with van der Waals surface area (Å²) in [5.74, 6) is 1.09. The van der Waals surface area contributed by atoms with E-state index in [9.17, 15) is 0 Å². The van der Waals surface area contributed by atoms with E-state index in [1.54, 1.807) is 11.8 Å². The molecule has 0 radical (unpaired) electrons. The van der Waals surface area contributed by atoms with Crippen LogP contribution in [0.1, 0.15) is 12.8 Å². The van der Waals surface area contributed by atoms with E-state index in [1.165, 1.54) is 0 Å². The fraction of sp³-hybridized carbons (Fsp3) is 0.417. The summed E-state index contributed by atoms with van der Waals surface area (Å²) in [5, 5.41) is 12.9. The molecule has 2 nitrogen and oxygen atoms in total. The van der Waals surface area contributed by atoms with Crippen molar-refractivity contribution in [1.82, 2.24) is 0 Å². The minimum Gasteiger partial charge on any atom is -0.370 e. The van der Waals surface area contributed by atoms with Crippen LogP contribution in [0.4, 0.5) is 5.69 Å². The zero-order chi connectivity index (χ0) is 12.7. The van der Waals surface area contributed by atoms with E-state index < -0.39 is 0 Å². The molecule has 0 spiro atoms. The van der Waals surface area contributed by atoms with Crippen molar-refractivity contribution in [3.05, 3.63) is 27.7 Å². The van der Waals surface area contributed by atoms with Crippen molar-refractivity contribution >= 4 is 45.0 Å². The number of halogens is 2. The molecule has 1 aromatic carbocycles. The maximum absolute atomic E-state index is 9.05. The first-order valence-electron chi connectivity index (χ1n) is 5.27. The molecule has 1 aromatic rings. The highest BCUT2D eigenvalue weighted by molar-refractivity contribution is 9.10. The highest BCUT2D eigenvalue weighted by atomic mass is 79.9. The molecule has 0 bridgehead atoms. The van der Waals surface area contributed by atoms with Crippen molar-refractivity contribution in [3.63, 3.8) is 0 Å². The average Bonchev–Trinajstić information content (AvgIpc) is 2.32. The largest absolute Gasteiger partial charge is 0.370 e. The van der Waals surface area contributed by atoms with Gasteiger partial charge in [0.15, 0.2) is 0 Å². The number of rotatable bonds is 6. The van der Waals surface area contributed by atoms with Gasteiger partial charge in [-0.25, -0.2) is 0 Å². The first-order valence-corrected chi connectivity index (χ1v) is 7.84. The number of nitrogens with one attached hydrogen (secondary N) is 1. The smallest absolute Gasteiger partial charge is 0.114 e. The van der Waals surface area contributed by atoms with Crippen molar-refractivity contribution in [1.29, 1.82) is 5.26 Å². The maximum atomic E-state index is 9.05. The Kier molecular flexibility index (Phi) is 6.79. The molecule has 92 valence electrons. The third-order valence-electron chi connectivity index (χ3n) is 2.26. The van der Waals surface area contributed by atoms with E-state index in [0.717, 1.165) is 28.8 Å². The van der Waals surface area contributed by atoms with Crippen molar-refractivity contribution in [2.75, 3.05) is 17.3 Å². The third kappa shape index (κ3) is 5.20. The molecule has 0 aromatic heterocycles. The van der Waals surface area contributed by atoms with Gasteiger partial charge in [0.1, 0.15) is 6.04 Å². The van der Waals surface area contributed by atoms with Gasteiger partial charge in [-0.15, -0.1) is 0 Å². The Morgan fingerprint density at radius 1 is 1.59 bits per heavy atom. The Morgan fingerprint density at radius 2 is 2.35 bits per heavy atom. The molecule has 0 aliphatic rings. The van der Waals surface area contributed by atoms with Crippen LogP contribution in [0.5, 0.6) is 0 Å². The van der Waals surface area contributed by atoms with Gasteiger partial charge in [0.2, 0.25) is 0 Å². The summed E-state index contributed by atoms with van der Waals surface area (Å²) in [4.78, 5) is 0. The molecular weight excluding hydrogens is 320 g/mol. The molecule has 1 rings (SSSR count). The third-order valence-corrected chi connectivity index (χ3v) is 4.17. The van der Waals surface area contributed by atoms with Crippen LogP contribution >= 0.6 is 39.3 Å². The topological polar surface area (TPSA) is 35.8 Å². The second-order valence-electron chi connectivity index (χ2n) is 3.59. The summed E-state index contributed by atoms with van der Waals surface area (Å²) >= 11 is 11.1. The van der Waals surface area contributed by atoms with Crippen LogP contribution in [0.2, 0.25) is 5.02 Å². The fourth-order valence-corrected chi connectivity index (χ4v) is 2.34. The van der Waals surface area contributed by atoms with Crippen LogP contribution in [0, 0.1) is 11.3 Å². The van der Waals surface area contributed by atoms with Gasteiger partial charge in [-0.05, 0) is 59.0 Å². The Morgan fingerprint density at radius 3 is 2.94 bits per heavy atom. The molecule has 0 amide bonds. The van der Waals surface area contributed by atoms with Gasteiger partial charge in [0, 0.05) is 10.2 Å². The minimum atomic E-state index is -0.143. The summed E-state index contributed by atoms with van der Waals surface area (Å²) in [6.45, 7) is 0. The lowest BCUT2D eigenvalue weighted by atomic mass is 10.2. The van der Waals surface area contributed by atoms with E-state index in [2.05, 4.69) is 33.6 Å². The van der Waals surface area contributed by atoms with Crippen molar-refractivity contribution < 1.29 is 0 Å². The van der Waals surface area contributed by atoms with Crippen molar-refractivity contribution in [2.24, 2.45) is 0 Å². The van der Waals surface area contributed by atoms with Crippen LogP contribution < -0.4 is 5.32 Å². The molecule has 0 saturated carbocycles. The SMILES string of the molecule is CSCCCC(C#N)Nc1ccc(Cl)c(Br)c1. The molecule has 0 saturated heterocycles. The van der Waals surface area contributed by atoms with Gasteiger partial charge in [-0.3, -0.25) is 0 Å². The highest BCUT2D eigenvalue weighted by Gasteiger charge is 2.07. The molecule has 0 aliphatic carbocycles. The minimum absolute atomic E-state index is 0.143. The standard InChI is InChI=1S/C12H14BrClN2S/c1-17-6-2-3-10(8-15)16-9-4-5-12(14)11(13)7-9/h4-5,7,10,16H,2-3,6H2,1H3. The van der Waals surface area contributed by atoms with Crippen LogP contribution in [0.15, 0.2) is 22.7 Å². The molecule has 1 N–H and O–H groups in total. The lowest BCUT2D eigenvalue weighted by Crippen LogP contribution is -2.17. The van der Waals surface area contributed by atoms with E-state index >= 15 is 0 Å². The zero-order valence-corrected chi connectivity index (χ0v) is 12.7. The van der Waals surface area contributed by atoms with Crippen LogP contribution in [0.3, 0.4) is 0 Å². The maximum Gasteiger partial charge on any atom is 0.114 e. The molecular formula is C12H14BrClN2S. The normalized spacial score (nSPS) is 11.9. The van der Waals surface area contributed by atoms with Gasteiger partial charge < -0.3 is 5.32 Å². The molecule has 1 atom stereocenters. The van der Waals surface area contributed by atoms with E-state index in [-0.39, 0.29) is 6.04 Å². The van der Waals surface area contributed by atoms with Gasteiger partial charge >= 0.3 is 0 Å². The predicted molar refractivity (Wildman–Crippen MR) is 79.8 cm³/mol. The molecule has 0 fully saturated rings. The van der Waals surface area contributed by atoms with Gasteiger partial charge in [0.25, 0.3) is 0 Å². The van der Waals surface area contributed by atoms with Gasteiger partial charge in [0.05, 0.1) is 11.1 Å². The van der Waals surface area contributed by atoms with Crippen LogP contribution in [-0.4, -0.2) is 18.1 Å². The van der Waals surface area contributed by atoms with Crippen molar-refractivity contribution in [3.8, 4) is 6.07 Å². The molecule has 5 heteroatoms. The Hall–Kier alpha value is -0.370. The second-order valence-corrected chi connectivity index (χ2v) is 5.84. The summed E-state index contributed by atoms with van der Waals surface area (Å²) in [7, 11) is 0. The van der Waals surface area contributed by atoms with Crippen LogP contribution in [0.25, 0.3) is 0 Å².